The fourth-order valence-corrected chi connectivity index (χ4v) is 3.94. The molecule has 0 aromatic heterocycles. The van der Waals surface area contributed by atoms with Crippen molar-refractivity contribution in [3.8, 4) is 11.8 Å². The van der Waals surface area contributed by atoms with E-state index >= 15 is 0 Å². The first-order chi connectivity index (χ1) is 12.6. The summed E-state index contributed by atoms with van der Waals surface area (Å²) >= 11 is 0. The molecule has 26 heavy (non-hydrogen) atoms. The van der Waals surface area contributed by atoms with Gasteiger partial charge in [-0.3, -0.25) is 9.69 Å². The largest absolute Gasteiger partial charge is 0.452 e. The molecule has 2 unspecified atom stereocenters. The van der Waals surface area contributed by atoms with E-state index in [0.717, 1.165) is 38.8 Å². The molecule has 0 aromatic rings. The average Bonchev–Trinajstić information content (AvgIpc) is 2.67. The summed E-state index contributed by atoms with van der Waals surface area (Å²) in [7, 11) is 0. The van der Waals surface area contributed by atoms with Crippen LogP contribution in [0.4, 0.5) is 0 Å². The Bertz CT molecular complexity index is 562. The first kappa shape index (κ1) is 20.7. The third kappa shape index (κ3) is 5.72. The summed E-state index contributed by atoms with van der Waals surface area (Å²) in [5, 5.41) is 11.3. The molecule has 0 aromatic carbocycles. The normalized spacial score (nSPS) is 25.8. The van der Waals surface area contributed by atoms with Gasteiger partial charge >= 0.3 is 5.97 Å². The number of ether oxygens (including phenoxy) is 1. The summed E-state index contributed by atoms with van der Waals surface area (Å²) in [5.74, 6) is 5.67. The maximum Gasteiger partial charge on any atom is 0.307 e. The topological polar surface area (TPSA) is 49.8 Å². The van der Waals surface area contributed by atoms with E-state index in [4.69, 9.17) is 4.74 Å². The first-order valence-corrected chi connectivity index (χ1v) is 10.0. The molecule has 0 bridgehead atoms. The molecule has 1 fully saturated rings. The van der Waals surface area contributed by atoms with Crippen molar-refractivity contribution in [2.45, 2.75) is 58.0 Å². The van der Waals surface area contributed by atoms with Crippen LogP contribution in [-0.4, -0.2) is 47.8 Å². The van der Waals surface area contributed by atoms with E-state index in [-0.39, 0.29) is 30.8 Å². The molecule has 4 nitrogen and oxygen atoms in total. The molecule has 0 radical (unpaired) electrons. The van der Waals surface area contributed by atoms with E-state index < -0.39 is 5.60 Å². The Labute approximate surface area is 158 Å². The van der Waals surface area contributed by atoms with Crippen LogP contribution in [0.2, 0.25) is 0 Å². The van der Waals surface area contributed by atoms with Gasteiger partial charge in [-0.15, -0.1) is 0 Å². The number of aliphatic hydroxyl groups is 1. The van der Waals surface area contributed by atoms with Gasteiger partial charge in [0.15, 0.2) is 6.61 Å². The van der Waals surface area contributed by atoms with E-state index in [2.05, 4.69) is 30.6 Å². The lowest BCUT2D eigenvalue weighted by atomic mass is 9.68. The van der Waals surface area contributed by atoms with Crippen LogP contribution < -0.4 is 0 Å². The van der Waals surface area contributed by atoms with Crippen molar-refractivity contribution in [3.63, 3.8) is 0 Å². The van der Waals surface area contributed by atoms with Crippen molar-refractivity contribution in [3.05, 3.63) is 24.3 Å². The Kier molecular flexibility index (Phi) is 8.41. The third-order valence-electron chi connectivity index (χ3n) is 5.68. The molecule has 2 rings (SSSR count). The van der Waals surface area contributed by atoms with Crippen LogP contribution >= 0.6 is 0 Å². The van der Waals surface area contributed by atoms with Gasteiger partial charge in [-0.25, -0.2) is 0 Å². The zero-order chi connectivity index (χ0) is 18.8. The summed E-state index contributed by atoms with van der Waals surface area (Å²) in [4.78, 5) is 14.4. The van der Waals surface area contributed by atoms with Crippen LogP contribution in [0, 0.1) is 23.7 Å². The molecular formula is C22H33NO3. The minimum Gasteiger partial charge on any atom is -0.452 e. The van der Waals surface area contributed by atoms with E-state index in [0.29, 0.717) is 6.54 Å². The van der Waals surface area contributed by atoms with E-state index in [1.165, 1.54) is 6.42 Å². The quantitative estimate of drug-likeness (QED) is 0.560. The molecule has 0 aliphatic heterocycles. The summed E-state index contributed by atoms with van der Waals surface area (Å²) in [6, 6.07) is 0. The zero-order valence-electron chi connectivity index (χ0n) is 16.2. The molecule has 144 valence electrons. The second-order valence-electron chi connectivity index (χ2n) is 7.25. The smallest absolute Gasteiger partial charge is 0.307 e. The number of hydrogen-bond acceptors (Lipinski definition) is 4. The first-order valence-electron chi connectivity index (χ1n) is 10.0. The number of carbonyl (C=O) groups excluding carboxylic acids is 1. The lowest BCUT2D eigenvalue weighted by molar-refractivity contribution is -0.145. The highest BCUT2D eigenvalue weighted by Crippen LogP contribution is 2.41. The third-order valence-corrected chi connectivity index (χ3v) is 5.68. The molecule has 0 saturated heterocycles. The summed E-state index contributed by atoms with van der Waals surface area (Å²) in [6.07, 6.45) is 13.4. The van der Waals surface area contributed by atoms with Crippen LogP contribution in [0.15, 0.2) is 24.3 Å². The number of nitrogens with zero attached hydrogens (tertiary/aromatic N) is 1. The van der Waals surface area contributed by atoms with Gasteiger partial charge in [-0.1, -0.05) is 69.3 Å². The van der Waals surface area contributed by atoms with Crippen molar-refractivity contribution in [1.82, 2.24) is 4.90 Å². The molecule has 4 heteroatoms. The summed E-state index contributed by atoms with van der Waals surface area (Å²) < 4.78 is 5.27. The van der Waals surface area contributed by atoms with Crippen LogP contribution in [-0.2, 0) is 9.53 Å². The van der Waals surface area contributed by atoms with Gasteiger partial charge in [0.25, 0.3) is 0 Å². The minimum atomic E-state index is -0.928. The second-order valence-corrected chi connectivity index (χ2v) is 7.25. The fraction of sp³-hybridized carbons (Fsp3) is 0.682. The predicted octanol–water partition coefficient (Wildman–Crippen LogP) is 3.32. The average molecular weight is 360 g/mol. The van der Waals surface area contributed by atoms with Gasteiger partial charge in [0, 0.05) is 5.92 Å². The van der Waals surface area contributed by atoms with Gasteiger partial charge in [0.1, 0.15) is 0 Å². The Morgan fingerprint density at radius 3 is 2.62 bits per heavy atom. The number of carbonyl (C=O) groups is 1. The minimum absolute atomic E-state index is 0.119. The van der Waals surface area contributed by atoms with E-state index in [1.807, 2.05) is 24.3 Å². The maximum absolute atomic E-state index is 12.2. The number of esters is 1. The van der Waals surface area contributed by atoms with Crippen molar-refractivity contribution in [2.75, 3.05) is 26.2 Å². The van der Waals surface area contributed by atoms with Crippen LogP contribution in [0.5, 0.6) is 0 Å². The van der Waals surface area contributed by atoms with Crippen molar-refractivity contribution in [1.29, 1.82) is 0 Å². The van der Waals surface area contributed by atoms with E-state index in [9.17, 15) is 9.90 Å². The maximum atomic E-state index is 12.2. The number of allylic oxidation sites excluding steroid dienone is 2. The van der Waals surface area contributed by atoms with E-state index in [1.54, 1.807) is 0 Å². The Morgan fingerprint density at radius 2 is 1.92 bits per heavy atom. The monoisotopic (exact) mass is 359 g/mol. The fourth-order valence-electron chi connectivity index (χ4n) is 3.94. The Morgan fingerprint density at radius 1 is 1.19 bits per heavy atom. The Balaban J connectivity index is 1.84. The standard InChI is InChI=1S/C22H33NO3/c1-3-23(4-2)16-10-11-17-26-21(24)18-20-14-8-9-15-22(20,25)19-12-6-5-7-13-19/h8-9,14-15,19-20,25H,3-7,12-13,16-18H2,1-2H3. The second kappa shape index (κ2) is 10.5. The summed E-state index contributed by atoms with van der Waals surface area (Å²) in [5.41, 5.74) is -0.928. The Hall–Kier alpha value is -1.57. The van der Waals surface area contributed by atoms with Crippen molar-refractivity contribution >= 4 is 5.97 Å². The molecule has 1 N–H and O–H groups in total. The van der Waals surface area contributed by atoms with Gasteiger partial charge in [0.05, 0.1) is 18.6 Å². The highest BCUT2D eigenvalue weighted by atomic mass is 16.5. The van der Waals surface area contributed by atoms with Crippen molar-refractivity contribution < 1.29 is 14.6 Å². The van der Waals surface area contributed by atoms with Crippen molar-refractivity contribution in [2.24, 2.45) is 11.8 Å². The lowest BCUT2D eigenvalue weighted by Gasteiger charge is -2.41. The molecule has 0 amide bonds. The van der Waals surface area contributed by atoms with Gasteiger partial charge in [-0.05, 0) is 31.8 Å². The molecule has 2 aliphatic carbocycles. The van der Waals surface area contributed by atoms with Gasteiger partial charge < -0.3 is 9.84 Å². The zero-order valence-corrected chi connectivity index (χ0v) is 16.2. The molecule has 1 saturated carbocycles. The number of rotatable bonds is 7. The van der Waals surface area contributed by atoms with Crippen LogP contribution in [0.1, 0.15) is 52.4 Å². The molecule has 2 aliphatic rings. The SMILES string of the molecule is CCN(CC)CC#CCOC(=O)CC1C=CC=CC1(O)C1CCCCC1. The predicted molar refractivity (Wildman–Crippen MR) is 104 cm³/mol. The van der Waals surface area contributed by atoms with Crippen LogP contribution in [0.25, 0.3) is 0 Å². The lowest BCUT2D eigenvalue weighted by Crippen LogP contribution is -2.45. The molecular weight excluding hydrogens is 326 g/mol. The molecule has 2 atom stereocenters. The highest BCUT2D eigenvalue weighted by Gasteiger charge is 2.42. The number of hydrogen-bond donors (Lipinski definition) is 1. The highest BCUT2D eigenvalue weighted by molar-refractivity contribution is 5.70. The van der Waals surface area contributed by atoms with Gasteiger partial charge in [0.2, 0.25) is 0 Å². The molecule has 0 heterocycles. The summed E-state index contributed by atoms with van der Waals surface area (Å²) in [6.45, 7) is 6.95. The molecule has 0 spiro atoms. The van der Waals surface area contributed by atoms with Gasteiger partial charge in [-0.2, -0.15) is 0 Å². The van der Waals surface area contributed by atoms with Crippen LogP contribution in [0.3, 0.4) is 0 Å².